The van der Waals surface area contributed by atoms with Gasteiger partial charge < -0.3 is 9.47 Å². The van der Waals surface area contributed by atoms with Crippen LogP contribution in [-0.2, 0) is 15.9 Å². The summed E-state index contributed by atoms with van der Waals surface area (Å²) in [7, 11) is 0. The van der Waals surface area contributed by atoms with Crippen LogP contribution in [0.5, 0.6) is 0 Å². The predicted molar refractivity (Wildman–Crippen MR) is 166 cm³/mol. The van der Waals surface area contributed by atoms with Gasteiger partial charge in [0.15, 0.2) is 29.6 Å². The molecule has 0 aliphatic carbocycles. The van der Waals surface area contributed by atoms with Crippen molar-refractivity contribution in [3.8, 4) is 22.3 Å². The fourth-order valence-electron chi connectivity index (χ4n) is 5.83. The molecule has 2 nitrogen and oxygen atoms in total. The molecule has 1 saturated heterocycles. The van der Waals surface area contributed by atoms with Crippen molar-refractivity contribution in [3.63, 3.8) is 0 Å². The molecule has 0 amide bonds. The van der Waals surface area contributed by atoms with Crippen molar-refractivity contribution < 1.29 is 27.0 Å². The lowest BCUT2D eigenvalue weighted by Crippen LogP contribution is -2.27. The van der Waals surface area contributed by atoms with Crippen LogP contribution < -0.4 is 0 Å². The number of ether oxygens (including phenoxy) is 2. The summed E-state index contributed by atoms with van der Waals surface area (Å²) in [5.41, 5.74) is 1.54. The Labute approximate surface area is 254 Å². The molecule has 234 valence electrons. The minimum absolute atomic E-state index is 0.0366. The van der Waals surface area contributed by atoms with Crippen LogP contribution in [0.25, 0.3) is 22.3 Å². The van der Waals surface area contributed by atoms with Crippen LogP contribution in [0, 0.1) is 29.2 Å². The number of hydrogen-bond acceptors (Lipinski definition) is 2. The number of unbranched alkanes of at least 4 members (excludes halogenated alkanes) is 9. The molecular formula is C37H46F4O2. The van der Waals surface area contributed by atoms with Gasteiger partial charge in [0.25, 0.3) is 0 Å². The Hall–Kier alpha value is -2.70. The molecule has 0 bridgehead atoms. The van der Waals surface area contributed by atoms with Crippen molar-refractivity contribution >= 4 is 0 Å². The quantitative estimate of drug-likeness (QED) is 0.121. The van der Waals surface area contributed by atoms with E-state index in [4.69, 9.17) is 9.47 Å². The molecule has 0 saturated carbocycles. The molecule has 43 heavy (non-hydrogen) atoms. The zero-order valence-corrected chi connectivity index (χ0v) is 25.7. The lowest BCUT2D eigenvalue weighted by molar-refractivity contribution is -0.207. The van der Waals surface area contributed by atoms with Gasteiger partial charge in [0.05, 0.1) is 13.2 Å². The molecule has 1 aliphatic heterocycles. The summed E-state index contributed by atoms with van der Waals surface area (Å²) in [5.74, 6) is -3.43. The maximum Gasteiger partial charge on any atom is 0.186 e. The fourth-order valence-corrected chi connectivity index (χ4v) is 5.83. The lowest BCUT2D eigenvalue weighted by atomic mass is 9.96. The average Bonchev–Trinajstić information content (AvgIpc) is 3.02. The van der Waals surface area contributed by atoms with Crippen molar-refractivity contribution in [2.24, 2.45) is 5.92 Å². The molecule has 1 aliphatic rings. The number of halogens is 4. The van der Waals surface area contributed by atoms with Crippen LogP contribution in [0.3, 0.4) is 0 Å². The van der Waals surface area contributed by atoms with E-state index >= 15 is 13.2 Å². The standard InChI is InChI=1S/C37H46F4O2/c1-3-5-7-8-9-10-11-13-15-29-20-21-30(34(39)33(29)38)27-16-18-28(19-17-27)31-22-23-32(36(41)35(31)40)37-42-24-26(25-43-37)14-12-6-4-2/h16-23,26,37H,3-15,24-25H2,1-2H3. The summed E-state index contributed by atoms with van der Waals surface area (Å²) in [5, 5.41) is 0. The van der Waals surface area contributed by atoms with E-state index in [0.29, 0.717) is 36.3 Å². The van der Waals surface area contributed by atoms with E-state index in [-0.39, 0.29) is 22.6 Å². The van der Waals surface area contributed by atoms with E-state index in [1.807, 2.05) is 0 Å². The van der Waals surface area contributed by atoms with Gasteiger partial charge in [-0.25, -0.2) is 17.6 Å². The second-order valence-electron chi connectivity index (χ2n) is 11.9. The van der Waals surface area contributed by atoms with Crippen LogP contribution >= 0.6 is 0 Å². The van der Waals surface area contributed by atoms with Gasteiger partial charge in [-0.15, -0.1) is 0 Å². The van der Waals surface area contributed by atoms with Crippen LogP contribution in [0.1, 0.15) is 108 Å². The third-order valence-electron chi connectivity index (χ3n) is 8.52. The van der Waals surface area contributed by atoms with E-state index in [0.717, 1.165) is 44.9 Å². The monoisotopic (exact) mass is 598 g/mol. The third-order valence-corrected chi connectivity index (χ3v) is 8.52. The molecule has 0 spiro atoms. The Morgan fingerprint density at radius 3 is 1.67 bits per heavy atom. The number of aryl methyl sites for hydroxylation is 1. The van der Waals surface area contributed by atoms with Gasteiger partial charge in [-0.2, -0.15) is 0 Å². The molecule has 0 radical (unpaired) electrons. The molecule has 1 heterocycles. The van der Waals surface area contributed by atoms with Crippen LogP contribution in [0.15, 0.2) is 48.5 Å². The van der Waals surface area contributed by atoms with E-state index in [1.165, 1.54) is 44.2 Å². The summed E-state index contributed by atoms with van der Waals surface area (Å²) in [4.78, 5) is 0. The Kier molecular flexibility index (Phi) is 13.1. The summed E-state index contributed by atoms with van der Waals surface area (Å²) < 4.78 is 71.7. The molecule has 6 heteroatoms. The van der Waals surface area contributed by atoms with Crippen molar-refractivity contribution in [2.45, 2.75) is 104 Å². The summed E-state index contributed by atoms with van der Waals surface area (Å²) in [6, 6.07) is 12.6. The number of hydrogen-bond donors (Lipinski definition) is 0. The first kappa shape index (κ1) is 33.2. The Balaban J connectivity index is 1.36. The summed E-state index contributed by atoms with van der Waals surface area (Å²) in [6.07, 6.45) is 13.1. The predicted octanol–water partition coefficient (Wildman–Crippen LogP) is 11.5. The second-order valence-corrected chi connectivity index (χ2v) is 11.9. The highest BCUT2D eigenvalue weighted by Crippen LogP contribution is 2.35. The maximum atomic E-state index is 15.2. The van der Waals surface area contributed by atoms with Crippen LogP contribution in [-0.4, -0.2) is 13.2 Å². The van der Waals surface area contributed by atoms with Crippen LogP contribution in [0.4, 0.5) is 17.6 Å². The molecule has 1 fully saturated rings. The van der Waals surface area contributed by atoms with Crippen LogP contribution in [0.2, 0.25) is 0 Å². The SMILES string of the molecule is CCCCCCCCCCc1ccc(-c2ccc(-c3ccc(C4OCC(CCCCC)CO4)c(F)c3F)cc2)c(F)c1F. The highest BCUT2D eigenvalue weighted by Gasteiger charge is 2.28. The third kappa shape index (κ3) is 8.92. The van der Waals surface area contributed by atoms with Gasteiger partial charge in [0.1, 0.15) is 0 Å². The number of rotatable bonds is 16. The van der Waals surface area contributed by atoms with Gasteiger partial charge in [-0.3, -0.25) is 0 Å². The van der Waals surface area contributed by atoms with Gasteiger partial charge in [0.2, 0.25) is 0 Å². The van der Waals surface area contributed by atoms with Gasteiger partial charge in [-0.1, -0.05) is 127 Å². The second kappa shape index (κ2) is 17.0. The van der Waals surface area contributed by atoms with E-state index in [2.05, 4.69) is 13.8 Å². The highest BCUT2D eigenvalue weighted by molar-refractivity contribution is 5.71. The first-order valence-electron chi connectivity index (χ1n) is 16.2. The van der Waals surface area contributed by atoms with Crippen molar-refractivity contribution in [1.29, 1.82) is 0 Å². The van der Waals surface area contributed by atoms with Gasteiger partial charge in [-0.05, 0) is 36.0 Å². The van der Waals surface area contributed by atoms with E-state index in [9.17, 15) is 4.39 Å². The Morgan fingerprint density at radius 2 is 1.07 bits per heavy atom. The Bertz CT molecular complexity index is 1280. The molecule has 0 N–H and O–H groups in total. The Morgan fingerprint density at radius 1 is 0.558 bits per heavy atom. The topological polar surface area (TPSA) is 18.5 Å². The maximum absolute atomic E-state index is 15.2. The molecule has 4 rings (SSSR count). The molecular weight excluding hydrogens is 552 g/mol. The van der Waals surface area contributed by atoms with Gasteiger partial charge >= 0.3 is 0 Å². The summed E-state index contributed by atoms with van der Waals surface area (Å²) >= 11 is 0. The zero-order valence-electron chi connectivity index (χ0n) is 25.7. The first-order chi connectivity index (χ1) is 20.9. The lowest BCUT2D eigenvalue weighted by Gasteiger charge is -2.30. The minimum Gasteiger partial charge on any atom is -0.348 e. The van der Waals surface area contributed by atoms with Crippen molar-refractivity contribution in [1.82, 2.24) is 0 Å². The highest BCUT2D eigenvalue weighted by atomic mass is 19.2. The molecule has 0 atom stereocenters. The average molecular weight is 599 g/mol. The van der Waals surface area contributed by atoms with Gasteiger partial charge in [0, 0.05) is 22.6 Å². The number of benzene rings is 3. The molecule has 0 unspecified atom stereocenters. The fraction of sp³-hybridized carbons (Fsp3) is 0.514. The minimum atomic E-state index is -1.00. The zero-order chi connectivity index (χ0) is 30.6. The largest absolute Gasteiger partial charge is 0.348 e. The van der Waals surface area contributed by atoms with Crippen molar-refractivity contribution in [2.75, 3.05) is 13.2 Å². The van der Waals surface area contributed by atoms with Crippen molar-refractivity contribution in [3.05, 3.63) is 82.9 Å². The normalized spacial score (nSPS) is 17.0. The molecule has 3 aromatic rings. The summed E-state index contributed by atoms with van der Waals surface area (Å²) in [6.45, 7) is 5.26. The smallest absolute Gasteiger partial charge is 0.186 e. The van der Waals surface area contributed by atoms with E-state index in [1.54, 1.807) is 36.4 Å². The first-order valence-corrected chi connectivity index (χ1v) is 16.2. The van der Waals surface area contributed by atoms with E-state index < -0.39 is 29.6 Å². The molecule has 3 aromatic carbocycles. The molecule has 0 aromatic heterocycles.